The van der Waals surface area contributed by atoms with E-state index in [0.717, 1.165) is 44.4 Å². The Morgan fingerprint density at radius 2 is 1.74 bits per heavy atom. The molecule has 1 aliphatic heterocycles. The summed E-state index contributed by atoms with van der Waals surface area (Å²) in [6.07, 6.45) is 3.96. The Bertz CT molecular complexity index is 1430. The van der Waals surface area contributed by atoms with E-state index in [2.05, 4.69) is 55.1 Å². The number of anilines is 2. The second kappa shape index (κ2) is 10.7. The fourth-order valence-corrected chi connectivity index (χ4v) is 5.32. The van der Waals surface area contributed by atoms with Gasteiger partial charge in [0.2, 0.25) is 5.95 Å². The Balaban J connectivity index is 1.40. The van der Waals surface area contributed by atoms with Gasteiger partial charge in [0.15, 0.2) is 11.6 Å². The van der Waals surface area contributed by atoms with Crippen molar-refractivity contribution in [1.29, 1.82) is 0 Å². The minimum atomic E-state index is -0.636. The number of imidazole rings is 1. The molecule has 8 nitrogen and oxygen atoms in total. The summed E-state index contributed by atoms with van der Waals surface area (Å²) in [6.45, 7) is 12.2. The van der Waals surface area contributed by atoms with Gasteiger partial charge in [-0.2, -0.15) is 0 Å². The van der Waals surface area contributed by atoms with Crippen LogP contribution in [0.4, 0.5) is 20.5 Å². The van der Waals surface area contributed by atoms with E-state index in [1.165, 1.54) is 6.07 Å². The number of nitrogens with zero attached hydrogens (tertiary/aromatic N) is 7. The van der Waals surface area contributed by atoms with Crippen LogP contribution >= 0.6 is 0 Å². The monoisotopic (exact) mass is 520 g/mol. The maximum atomic E-state index is 15.0. The Kier molecular flexibility index (Phi) is 7.36. The molecular weight excluding hydrogens is 486 g/mol. The number of likely N-dealkylation sites (N-methyl/N-ethyl adjacent to an activating group) is 1. The number of fused-ring (bicyclic) bond motifs is 1. The van der Waals surface area contributed by atoms with Crippen molar-refractivity contribution in [3.05, 3.63) is 59.7 Å². The first-order valence-electron chi connectivity index (χ1n) is 13.1. The van der Waals surface area contributed by atoms with Gasteiger partial charge in [0.25, 0.3) is 0 Å². The maximum Gasteiger partial charge on any atom is 0.229 e. The van der Waals surface area contributed by atoms with Gasteiger partial charge in [0.05, 0.1) is 11.7 Å². The van der Waals surface area contributed by atoms with E-state index in [4.69, 9.17) is 0 Å². The highest BCUT2D eigenvalue weighted by molar-refractivity contribution is 5.83. The molecule has 1 fully saturated rings. The van der Waals surface area contributed by atoms with Gasteiger partial charge in [0.1, 0.15) is 22.9 Å². The lowest BCUT2D eigenvalue weighted by molar-refractivity contribution is 0.109. The van der Waals surface area contributed by atoms with Crippen LogP contribution in [-0.4, -0.2) is 67.5 Å². The molecule has 0 spiro atoms. The van der Waals surface area contributed by atoms with E-state index < -0.39 is 11.6 Å². The molecule has 1 atom stereocenters. The molecule has 200 valence electrons. The van der Waals surface area contributed by atoms with Crippen LogP contribution < -0.4 is 5.32 Å². The average molecular weight is 521 g/mol. The number of nitrogens with one attached hydrogen (secondary N) is 1. The summed E-state index contributed by atoms with van der Waals surface area (Å²) in [4.78, 5) is 22.2. The summed E-state index contributed by atoms with van der Waals surface area (Å²) in [6, 6.07) is 7.32. The Hall–Kier alpha value is -3.50. The second-order valence-electron chi connectivity index (χ2n) is 10.2. The molecule has 38 heavy (non-hydrogen) atoms. The lowest BCUT2D eigenvalue weighted by Gasteiger charge is -2.37. The van der Waals surface area contributed by atoms with Crippen LogP contribution in [0.25, 0.3) is 22.3 Å². The van der Waals surface area contributed by atoms with E-state index in [1.54, 1.807) is 6.07 Å². The molecule has 1 aliphatic rings. The molecule has 1 N–H and O–H groups in total. The largest absolute Gasteiger partial charge is 0.326 e. The van der Waals surface area contributed by atoms with E-state index >= 15 is 0 Å². The average Bonchev–Trinajstić information content (AvgIpc) is 3.24. The van der Waals surface area contributed by atoms with Crippen molar-refractivity contribution in [3.8, 4) is 11.3 Å². The third-order valence-electron chi connectivity index (χ3n) is 7.24. The first-order chi connectivity index (χ1) is 18.2. The van der Waals surface area contributed by atoms with Gasteiger partial charge in [-0.15, -0.1) is 0 Å². The fourth-order valence-electron chi connectivity index (χ4n) is 5.32. The van der Waals surface area contributed by atoms with E-state index in [0.29, 0.717) is 28.8 Å². The minimum absolute atomic E-state index is 0.00944. The van der Waals surface area contributed by atoms with E-state index in [1.807, 2.05) is 37.6 Å². The topological polar surface area (TPSA) is 75.0 Å². The fraction of sp³-hybridized carbons (Fsp3) is 0.429. The number of aromatic nitrogens is 5. The number of aryl methyl sites for hydroxylation is 1. The molecule has 0 aliphatic carbocycles. The Morgan fingerprint density at radius 3 is 2.39 bits per heavy atom. The van der Waals surface area contributed by atoms with Gasteiger partial charge in [-0.25, -0.2) is 28.7 Å². The standard InChI is InChI=1S/C28H34F2N8/c1-6-23(37-11-9-36(5)10-12-37)19-7-8-25(31-15-19)34-28-32-16-22(30)26(35-28)20-13-21(29)27-24(14-20)38(17(2)3)18(4)33-27/h7-8,13-17,23H,6,9-12H2,1-5H3,(H,31,32,34,35)/t23-/m1/s1. The number of pyridine rings is 1. The normalized spacial score (nSPS) is 15.9. The van der Waals surface area contributed by atoms with Crippen LogP contribution in [-0.2, 0) is 0 Å². The lowest BCUT2D eigenvalue weighted by atomic mass is 10.0. The van der Waals surface area contributed by atoms with Crippen molar-refractivity contribution in [2.75, 3.05) is 38.5 Å². The molecule has 4 heterocycles. The van der Waals surface area contributed by atoms with Crippen molar-refractivity contribution < 1.29 is 8.78 Å². The quantitative estimate of drug-likeness (QED) is 0.345. The Morgan fingerprint density at radius 1 is 0.974 bits per heavy atom. The molecule has 0 saturated carbocycles. The number of piperazine rings is 1. The van der Waals surface area contributed by atoms with Gasteiger partial charge in [-0.05, 0) is 58.0 Å². The third kappa shape index (κ3) is 5.10. The summed E-state index contributed by atoms with van der Waals surface area (Å²) < 4.78 is 31.8. The molecule has 4 aromatic rings. The number of rotatable bonds is 7. The minimum Gasteiger partial charge on any atom is -0.326 e. The summed E-state index contributed by atoms with van der Waals surface area (Å²) in [5, 5.41) is 3.06. The first kappa shape index (κ1) is 26.1. The molecule has 0 radical (unpaired) electrons. The third-order valence-corrected chi connectivity index (χ3v) is 7.24. The van der Waals surface area contributed by atoms with Crippen LogP contribution in [0.1, 0.15) is 50.7 Å². The molecule has 0 amide bonds. The highest BCUT2D eigenvalue weighted by Crippen LogP contribution is 2.31. The highest BCUT2D eigenvalue weighted by Gasteiger charge is 2.23. The van der Waals surface area contributed by atoms with Crippen LogP contribution in [0.5, 0.6) is 0 Å². The van der Waals surface area contributed by atoms with Crippen molar-refractivity contribution in [1.82, 2.24) is 34.3 Å². The van der Waals surface area contributed by atoms with Crippen LogP contribution in [0.2, 0.25) is 0 Å². The van der Waals surface area contributed by atoms with Crippen molar-refractivity contribution in [3.63, 3.8) is 0 Å². The molecule has 1 saturated heterocycles. The van der Waals surface area contributed by atoms with Crippen molar-refractivity contribution >= 4 is 22.8 Å². The number of hydrogen-bond acceptors (Lipinski definition) is 7. The molecule has 0 bridgehead atoms. The molecule has 3 aromatic heterocycles. The summed E-state index contributed by atoms with van der Waals surface area (Å²) in [5.74, 6) is 0.277. The van der Waals surface area contributed by atoms with Gasteiger partial charge in [-0.3, -0.25) is 4.90 Å². The predicted molar refractivity (Wildman–Crippen MR) is 145 cm³/mol. The zero-order valence-electron chi connectivity index (χ0n) is 22.5. The smallest absolute Gasteiger partial charge is 0.229 e. The lowest BCUT2D eigenvalue weighted by Crippen LogP contribution is -2.45. The van der Waals surface area contributed by atoms with E-state index in [9.17, 15) is 8.78 Å². The summed E-state index contributed by atoms with van der Waals surface area (Å²) in [5.41, 5.74) is 2.35. The molecule has 1 aromatic carbocycles. The zero-order valence-corrected chi connectivity index (χ0v) is 22.5. The Labute approximate surface area is 221 Å². The van der Waals surface area contributed by atoms with Crippen LogP contribution in [0, 0.1) is 18.6 Å². The summed E-state index contributed by atoms with van der Waals surface area (Å²) in [7, 11) is 2.15. The number of benzene rings is 1. The van der Waals surface area contributed by atoms with Crippen molar-refractivity contribution in [2.24, 2.45) is 0 Å². The second-order valence-corrected chi connectivity index (χ2v) is 10.2. The van der Waals surface area contributed by atoms with E-state index in [-0.39, 0.29) is 23.2 Å². The SMILES string of the molecule is CC[C@H](c1ccc(Nc2ncc(F)c(-c3cc(F)c4nc(C)n(C(C)C)c4c3)n2)nc1)N1CCN(C)CC1. The zero-order chi connectivity index (χ0) is 27.0. The summed E-state index contributed by atoms with van der Waals surface area (Å²) >= 11 is 0. The highest BCUT2D eigenvalue weighted by atomic mass is 19.1. The number of hydrogen-bond donors (Lipinski definition) is 1. The molecule has 0 unspecified atom stereocenters. The maximum absolute atomic E-state index is 15.0. The van der Waals surface area contributed by atoms with Gasteiger partial charge in [0, 0.05) is 50.0 Å². The van der Waals surface area contributed by atoms with Gasteiger partial charge < -0.3 is 14.8 Å². The first-order valence-corrected chi connectivity index (χ1v) is 13.1. The van der Waals surface area contributed by atoms with Gasteiger partial charge in [-0.1, -0.05) is 13.0 Å². The van der Waals surface area contributed by atoms with Crippen molar-refractivity contribution in [2.45, 2.75) is 46.2 Å². The molecule has 5 rings (SSSR count). The van der Waals surface area contributed by atoms with Crippen LogP contribution in [0.15, 0.2) is 36.7 Å². The predicted octanol–water partition coefficient (Wildman–Crippen LogP) is 5.50. The molecular formula is C28H34F2N8. The molecule has 10 heteroatoms. The van der Waals surface area contributed by atoms with Gasteiger partial charge >= 0.3 is 0 Å². The van der Waals surface area contributed by atoms with Crippen LogP contribution in [0.3, 0.4) is 0 Å². The number of halogens is 2.